The maximum atomic E-state index is 13.4. The molecule has 4 rings (SSSR count). The standard InChI is InChI=1S/C27H30ClNO5/c1-27(2,3)16-10-12-21(34-4)18(14-16)24(31)22-23(15-9-11-20(30)19(28)13-15)29(26(33)25(22)32)17-7-5-6-8-17/h9-14,17,23,30-31H,5-8H2,1-4H3/b24-22+. The highest BCUT2D eigenvalue weighted by Crippen LogP contribution is 2.45. The lowest BCUT2D eigenvalue weighted by Crippen LogP contribution is -2.37. The number of benzene rings is 2. The Kier molecular flexibility index (Phi) is 6.38. The lowest BCUT2D eigenvalue weighted by molar-refractivity contribution is -0.141. The minimum atomic E-state index is -0.816. The first-order valence-corrected chi connectivity index (χ1v) is 11.9. The summed E-state index contributed by atoms with van der Waals surface area (Å²) in [5.41, 5.74) is 1.66. The minimum Gasteiger partial charge on any atom is -0.507 e. The number of nitrogens with zero attached hydrogens (tertiary/aromatic N) is 1. The van der Waals surface area contributed by atoms with Gasteiger partial charge in [0.2, 0.25) is 0 Å². The summed E-state index contributed by atoms with van der Waals surface area (Å²) in [5.74, 6) is -1.34. The molecule has 7 heteroatoms. The predicted molar refractivity (Wildman–Crippen MR) is 131 cm³/mol. The van der Waals surface area contributed by atoms with Crippen LogP contribution in [0.15, 0.2) is 42.0 Å². The van der Waals surface area contributed by atoms with Crippen LogP contribution >= 0.6 is 11.6 Å². The summed E-state index contributed by atoms with van der Waals surface area (Å²) in [4.78, 5) is 28.2. The van der Waals surface area contributed by atoms with E-state index in [1.165, 1.54) is 13.2 Å². The number of likely N-dealkylation sites (tertiary alicyclic amines) is 1. The third-order valence-corrected chi connectivity index (χ3v) is 7.11. The zero-order valence-corrected chi connectivity index (χ0v) is 20.6. The van der Waals surface area contributed by atoms with E-state index in [1.807, 2.05) is 6.07 Å². The predicted octanol–water partition coefficient (Wildman–Crippen LogP) is 5.72. The van der Waals surface area contributed by atoms with Gasteiger partial charge in [-0.05, 0) is 53.6 Å². The van der Waals surface area contributed by atoms with Crippen LogP contribution in [0.4, 0.5) is 0 Å². The Morgan fingerprint density at radius 3 is 2.35 bits per heavy atom. The van der Waals surface area contributed by atoms with Crippen LogP contribution in [0.5, 0.6) is 11.5 Å². The summed E-state index contributed by atoms with van der Waals surface area (Å²) < 4.78 is 5.50. The van der Waals surface area contributed by atoms with Crippen LogP contribution in [0, 0.1) is 0 Å². The van der Waals surface area contributed by atoms with Crippen molar-refractivity contribution in [1.29, 1.82) is 0 Å². The number of aliphatic hydroxyl groups is 1. The van der Waals surface area contributed by atoms with Crippen molar-refractivity contribution in [2.45, 2.75) is 64.0 Å². The van der Waals surface area contributed by atoms with Crippen molar-refractivity contribution in [3.8, 4) is 11.5 Å². The number of carbonyl (C=O) groups excluding carboxylic acids is 2. The summed E-state index contributed by atoms with van der Waals surface area (Å²) in [6, 6.07) is 9.18. The van der Waals surface area contributed by atoms with Crippen molar-refractivity contribution >= 4 is 29.1 Å². The average molecular weight is 484 g/mol. The zero-order chi connectivity index (χ0) is 24.8. The van der Waals surface area contributed by atoms with Gasteiger partial charge in [-0.25, -0.2) is 0 Å². The van der Waals surface area contributed by atoms with E-state index in [0.29, 0.717) is 16.9 Å². The van der Waals surface area contributed by atoms with Gasteiger partial charge in [-0.15, -0.1) is 0 Å². The molecule has 2 aliphatic rings. The lowest BCUT2D eigenvalue weighted by Gasteiger charge is -2.31. The molecule has 0 aromatic heterocycles. The molecule has 0 spiro atoms. The van der Waals surface area contributed by atoms with Crippen LogP contribution in [0.1, 0.15) is 69.2 Å². The number of phenolic OH excluding ortho intramolecular Hbond substituents is 1. The fourth-order valence-corrected chi connectivity index (χ4v) is 5.12. The van der Waals surface area contributed by atoms with E-state index in [9.17, 15) is 19.8 Å². The van der Waals surface area contributed by atoms with E-state index >= 15 is 0 Å². The van der Waals surface area contributed by atoms with Crippen molar-refractivity contribution in [3.63, 3.8) is 0 Å². The number of rotatable bonds is 4. The second kappa shape index (κ2) is 8.99. The second-order valence-electron chi connectivity index (χ2n) is 10.0. The molecular formula is C27H30ClNO5. The number of hydrogen-bond acceptors (Lipinski definition) is 5. The van der Waals surface area contributed by atoms with E-state index < -0.39 is 17.7 Å². The Morgan fingerprint density at radius 1 is 1.09 bits per heavy atom. The first-order valence-electron chi connectivity index (χ1n) is 11.5. The van der Waals surface area contributed by atoms with Gasteiger partial charge >= 0.3 is 0 Å². The monoisotopic (exact) mass is 483 g/mol. The van der Waals surface area contributed by atoms with Gasteiger partial charge in [0.1, 0.15) is 17.3 Å². The van der Waals surface area contributed by atoms with Crippen LogP contribution in [0.25, 0.3) is 5.76 Å². The van der Waals surface area contributed by atoms with Gasteiger partial charge in [-0.1, -0.05) is 57.3 Å². The SMILES string of the molecule is COc1ccc(C(C)(C)C)cc1/C(O)=C1\C(=O)C(=O)N(C2CCCC2)C1c1ccc(O)c(Cl)c1. The highest BCUT2D eigenvalue weighted by Gasteiger charge is 2.49. The van der Waals surface area contributed by atoms with Gasteiger partial charge in [0.05, 0.1) is 29.3 Å². The minimum absolute atomic E-state index is 0.00279. The number of phenols is 1. The smallest absolute Gasteiger partial charge is 0.295 e. The Balaban J connectivity index is 1.96. The molecule has 1 saturated heterocycles. The van der Waals surface area contributed by atoms with Gasteiger partial charge in [-0.2, -0.15) is 0 Å². The van der Waals surface area contributed by atoms with Crippen LogP contribution in [-0.4, -0.2) is 40.0 Å². The molecule has 6 nitrogen and oxygen atoms in total. The van der Waals surface area contributed by atoms with Crippen LogP contribution in [0.3, 0.4) is 0 Å². The molecule has 2 fully saturated rings. The molecule has 1 heterocycles. The molecule has 1 amide bonds. The van der Waals surface area contributed by atoms with Crippen LogP contribution in [-0.2, 0) is 15.0 Å². The van der Waals surface area contributed by atoms with E-state index in [2.05, 4.69) is 20.8 Å². The number of methoxy groups -OCH3 is 1. The molecule has 1 unspecified atom stereocenters. The summed E-state index contributed by atoms with van der Waals surface area (Å²) in [5, 5.41) is 21.6. The molecular weight excluding hydrogens is 454 g/mol. The molecule has 2 aromatic rings. The molecule has 0 radical (unpaired) electrons. The molecule has 2 N–H and O–H groups in total. The molecule has 1 atom stereocenters. The van der Waals surface area contributed by atoms with E-state index in [0.717, 1.165) is 31.2 Å². The van der Waals surface area contributed by atoms with Gasteiger partial charge in [0.15, 0.2) is 0 Å². The molecule has 34 heavy (non-hydrogen) atoms. The van der Waals surface area contributed by atoms with Gasteiger partial charge < -0.3 is 19.8 Å². The fourth-order valence-electron chi connectivity index (χ4n) is 4.93. The average Bonchev–Trinajstić information content (AvgIpc) is 3.41. The quantitative estimate of drug-likeness (QED) is 0.330. The molecule has 180 valence electrons. The van der Waals surface area contributed by atoms with E-state index in [-0.39, 0.29) is 33.6 Å². The Morgan fingerprint density at radius 2 is 1.76 bits per heavy atom. The zero-order valence-electron chi connectivity index (χ0n) is 19.9. The summed E-state index contributed by atoms with van der Waals surface area (Å²) >= 11 is 6.20. The molecule has 0 bridgehead atoms. The summed E-state index contributed by atoms with van der Waals surface area (Å²) in [7, 11) is 1.50. The summed E-state index contributed by atoms with van der Waals surface area (Å²) in [6.07, 6.45) is 3.52. The largest absolute Gasteiger partial charge is 0.507 e. The number of halogens is 1. The van der Waals surface area contributed by atoms with Crippen molar-refractivity contribution in [1.82, 2.24) is 4.90 Å². The normalized spacial score (nSPS) is 20.9. The summed E-state index contributed by atoms with van der Waals surface area (Å²) in [6.45, 7) is 6.16. The van der Waals surface area contributed by atoms with E-state index in [1.54, 1.807) is 29.2 Å². The van der Waals surface area contributed by atoms with Gasteiger partial charge in [0.25, 0.3) is 11.7 Å². The van der Waals surface area contributed by atoms with Gasteiger partial charge in [0, 0.05) is 6.04 Å². The van der Waals surface area contributed by atoms with Crippen molar-refractivity contribution in [3.05, 3.63) is 63.7 Å². The number of aromatic hydroxyl groups is 1. The third-order valence-electron chi connectivity index (χ3n) is 6.81. The molecule has 1 aliphatic carbocycles. The van der Waals surface area contributed by atoms with E-state index in [4.69, 9.17) is 16.3 Å². The highest BCUT2D eigenvalue weighted by atomic mass is 35.5. The first kappa shape index (κ1) is 24.1. The van der Waals surface area contributed by atoms with Gasteiger partial charge in [-0.3, -0.25) is 9.59 Å². The first-order chi connectivity index (χ1) is 16.0. The Bertz CT molecular complexity index is 1170. The second-order valence-corrected chi connectivity index (χ2v) is 10.4. The Labute approximate surface area is 204 Å². The molecule has 1 saturated carbocycles. The molecule has 1 aliphatic heterocycles. The maximum Gasteiger partial charge on any atom is 0.295 e. The van der Waals surface area contributed by atoms with Crippen LogP contribution in [0.2, 0.25) is 5.02 Å². The van der Waals surface area contributed by atoms with Crippen LogP contribution < -0.4 is 4.74 Å². The number of amides is 1. The number of carbonyl (C=O) groups is 2. The van der Waals surface area contributed by atoms with Crippen molar-refractivity contribution < 1.29 is 24.5 Å². The Hall–Kier alpha value is -2.99. The molecule has 2 aromatic carbocycles. The fraction of sp³-hybridized carbons (Fsp3) is 0.407. The van der Waals surface area contributed by atoms with Crippen molar-refractivity contribution in [2.24, 2.45) is 0 Å². The number of Topliss-reactive ketones (excluding diaryl/α,β-unsaturated/α-hetero) is 1. The van der Waals surface area contributed by atoms with Crippen molar-refractivity contribution in [2.75, 3.05) is 7.11 Å². The number of aliphatic hydroxyl groups excluding tert-OH is 1. The number of hydrogen-bond donors (Lipinski definition) is 2. The lowest BCUT2D eigenvalue weighted by atomic mass is 9.85. The topological polar surface area (TPSA) is 87.1 Å². The highest BCUT2D eigenvalue weighted by molar-refractivity contribution is 6.46. The number of ether oxygens (including phenoxy) is 1. The third kappa shape index (κ3) is 4.16. The number of ketones is 1. The maximum absolute atomic E-state index is 13.4.